The van der Waals surface area contributed by atoms with Crippen molar-refractivity contribution in [3.63, 3.8) is 0 Å². The molecule has 2 aromatic carbocycles. The Kier molecular flexibility index (Phi) is 4.53. The lowest BCUT2D eigenvalue weighted by Gasteiger charge is -2.25. The van der Waals surface area contributed by atoms with Crippen molar-refractivity contribution >= 4 is 23.2 Å². The fourth-order valence-electron chi connectivity index (χ4n) is 2.10. The lowest BCUT2D eigenvalue weighted by atomic mass is 9.84. The van der Waals surface area contributed by atoms with Crippen LogP contribution in [0.5, 0.6) is 0 Å². The van der Waals surface area contributed by atoms with Crippen molar-refractivity contribution in [2.24, 2.45) is 0 Å². The van der Waals surface area contributed by atoms with Crippen LogP contribution in [0.4, 0.5) is 5.69 Å². The summed E-state index contributed by atoms with van der Waals surface area (Å²) in [6, 6.07) is 15.0. The first-order valence-electron chi connectivity index (χ1n) is 6.79. The smallest absolute Gasteiger partial charge is 0.252 e. The van der Waals surface area contributed by atoms with Crippen LogP contribution >= 0.6 is 11.6 Å². The molecule has 0 aromatic heterocycles. The van der Waals surface area contributed by atoms with Gasteiger partial charge in [0.1, 0.15) is 0 Å². The molecule has 2 rings (SSSR count). The Labute approximate surface area is 130 Å². The molecule has 0 saturated carbocycles. The largest absolute Gasteiger partial charge is 0.399 e. The molecule has 3 N–H and O–H groups in total. The normalized spacial score (nSPS) is 11.2. The Morgan fingerprint density at radius 1 is 1.19 bits per heavy atom. The summed E-state index contributed by atoms with van der Waals surface area (Å²) in [6.07, 6.45) is 0. The van der Waals surface area contributed by atoms with Crippen LogP contribution in [0.25, 0.3) is 0 Å². The van der Waals surface area contributed by atoms with Crippen molar-refractivity contribution in [2.75, 3.05) is 12.3 Å². The Bertz CT molecular complexity index is 638. The summed E-state index contributed by atoms with van der Waals surface area (Å²) >= 11 is 6.05. The van der Waals surface area contributed by atoms with E-state index in [1.165, 1.54) is 5.56 Å². The average molecular weight is 303 g/mol. The SMILES string of the molecule is CC(C)(CNC(=O)c1ccc(N)cc1Cl)c1ccccc1. The van der Waals surface area contributed by atoms with E-state index in [1.54, 1.807) is 18.2 Å². The molecule has 0 radical (unpaired) electrons. The molecular weight excluding hydrogens is 284 g/mol. The molecule has 0 aliphatic carbocycles. The van der Waals surface area contributed by atoms with Crippen LogP contribution in [-0.4, -0.2) is 12.5 Å². The number of nitrogens with two attached hydrogens (primary N) is 1. The Hall–Kier alpha value is -2.00. The van der Waals surface area contributed by atoms with Crippen LogP contribution in [0.1, 0.15) is 29.8 Å². The first-order valence-corrected chi connectivity index (χ1v) is 7.17. The van der Waals surface area contributed by atoms with Gasteiger partial charge >= 0.3 is 0 Å². The van der Waals surface area contributed by atoms with Gasteiger partial charge in [-0.25, -0.2) is 0 Å². The monoisotopic (exact) mass is 302 g/mol. The zero-order valence-electron chi connectivity index (χ0n) is 12.2. The van der Waals surface area contributed by atoms with E-state index < -0.39 is 0 Å². The lowest BCUT2D eigenvalue weighted by Crippen LogP contribution is -2.36. The number of nitrogens with one attached hydrogen (secondary N) is 1. The molecule has 21 heavy (non-hydrogen) atoms. The first-order chi connectivity index (χ1) is 9.90. The highest BCUT2D eigenvalue weighted by atomic mass is 35.5. The molecular formula is C17H19ClN2O. The van der Waals surface area contributed by atoms with Crippen molar-refractivity contribution < 1.29 is 4.79 Å². The topological polar surface area (TPSA) is 55.1 Å². The van der Waals surface area contributed by atoms with E-state index in [-0.39, 0.29) is 11.3 Å². The molecule has 0 heterocycles. The number of benzene rings is 2. The zero-order chi connectivity index (χ0) is 15.5. The molecule has 0 fully saturated rings. The number of anilines is 1. The summed E-state index contributed by atoms with van der Waals surface area (Å²) in [5.74, 6) is -0.191. The quantitative estimate of drug-likeness (QED) is 0.847. The van der Waals surface area contributed by atoms with Gasteiger partial charge in [-0.05, 0) is 23.8 Å². The molecule has 0 unspecified atom stereocenters. The van der Waals surface area contributed by atoms with Crippen LogP contribution in [0.15, 0.2) is 48.5 Å². The predicted molar refractivity (Wildman–Crippen MR) is 87.7 cm³/mol. The number of amides is 1. The summed E-state index contributed by atoms with van der Waals surface area (Å²) in [4.78, 5) is 12.2. The standard InChI is InChI=1S/C17H19ClN2O/c1-17(2,12-6-4-3-5-7-12)11-20-16(21)14-9-8-13(19)10-15(14)18/h3-10H,11,19H2,1-2H3,(H,20,21). The molecule has 0 atom stereocenters. The van der Waals surface area contributed by atoms with Gasteiger partial charge in [0, 0.05) is 17.6 Å². The second-order valence-electron chi connectivity index (χ2n) is 5.67. The maximum absolute atomic E-state index is 12.2. The van der Waals surface area contributed by atoms with Crippen molar-refractivity contribution in [1.82, 2.24) is 5.32 Å². The maximum Gasteiger partial charge on any atom is 0.252 e. The second-order valence-corrected chi connectivity index (χ2v) is 6.08. The van der Waals surface area contributed by atoms with Crippen LogP contribution in [0.2, 0.25) is 5.02 Å². The molecule has 3 nitrogen and oxygen atoms in total. The fourth-order valence-corrected chi connectivity index (χ4v) is 2.38. The highest BCUT2D eigenvalue weighted by Gasteiger charge is 2.22. The minimum Gasteiger partial charge on any atom is -0.399 e. The Morgan fingerprint density at radius 3 is 2.48 bits per heavy atom. The van der Waals surface area contributed by atoms with E-state index in [1.807, 2.05) is 18.2 Å². The van der Waals surface area contributed by atoms with Crippen molar-refractivity contribution in [3.05, 3.63) is 64.7 Å². The number of carbonyl (C=O) groups is 1. The molecule has 0 bridgehead atoms. The van der Waals surface area contributed by atoms with Crippen molar-refractivity contribution in [1.29, 1.82) is 0 Å². The molecule has 0 aliphatic rings. The average Bonchev–Trinajstić information content (AvgIpc) is 2.46. The van der Waals surface area contributed by atoms with Gasteiger partial charge in [-0.1, -0.05) is 55.8 Å². The van der Waals surface area contributed by atoms with Gasteiger partial charge in [0.25, 0.3) is 5.91 Å². The maximum atomic E-state index is 12.2. The van der Waals surface area contributed by atoms with Gasteiger partial charge in [-0.15, -0.1) is 0 Å². The first kappa shape index (κ1) is 15.4. The molecule has 0 spiro atoms. The number of halogens is 1. The Balaban J connectivity index is 2.07. The van der Waals surface area contributed by atoms with Gasteiger partial charge < -0.3 is 11.1 Å². The van der Waals surface area contributed by atoms with Crippen LogP contribution in [0.3, 0.4) is 0 Å². The number of rotatable bonds is 4. The highest BCUT2D eigenvalue weighted by Crippen LogP contribution is 2.23. The van der Waals surface area contributed by atoms with Crippen LogP contribution in [-0.2, 0) is 5.41 Å². The number of hydrogen-bond donors (Lipinski definition) is 2. The van der Waals surface area contributed by atoms with Crippen LogP contribution < -0.4 is 11.1 Å². The van der Waals surface area contributed by atoms with Gasteiger partial charge in [-0.3, -0.25) is 4.79 Å². The third kappa shape index (κ3) is 3.76. The minimum atomic E-state index is -0.191. The van der Waals surface area contributed by atoms with E-state index in [9.17, 15) is 4.79 Å². The number of carbonyl (C=O) groups excluding carboxylic acids is 1. The fraction of sp³-hybridized carbons (Fsp3) is 0.235. The van der Waals surface area contributed by atoms with Gasteiger partial charge in [-0.2, -0.15) is 0 Å². The van der Waals surface area contributed by atoms with E-state index in [4.69, 9.17) is 17.3 Å². The van der Waals surface area contributed by atoms with Crippen molar-refractivity contribution in [3.8, 4) is 0 Å². The van der Waals surface area contributed by atoms with Gasteiger partial charge in [0.05, 0.1) is 10.6 Å². The highest BCUT2D eigenvalue weighted by molar-refractivity contribution is 6.34. The van der Waals surface area contributed by atoms with Gasteiger partial charge in [0.2, 0.25) is 0 Å². The molecule has 0 aliphatic heterocycles. The van der Waals surface area contributed by atoms with Crippen LogP contribution in [0, 0.1) is 0 Å². The molecule has 0 saturated heterocycles. The third-order valence-electron chi connectivity index (χ3n) is 3.48. The third-order valence-corrected chi connectivity index (χ3v) is 3.80. The molecule has 110 valence electrons. The summed E-state index contributed by atoms with van der Waals surface area (Å²) in [6.45, 7) is 4.71. The summed E-state index contributed by atoms with van der Waals surface area (Å²) < 4.78 is 0. The minimum absolute atomic E-state index is 0.156. The van der Waals surface area contributed by atoms with E-state index in [0.29, 0.717) is 22.8 Å². The van der Waals surface area contributed by atoms with Crippen molar-refractivity contribution in [2.45, 2.75) is 19.3 Å². The Morgan fingerprint density at radius 2 is 1.86 bits per heavy atom. The van der Waals surface area contributed by atoms with Gasteiger partial charge in [0.15, 0.2) is 0 Å². The molecule has 4 heteroatoms. The van der Waals surface area contributed by atoms with E-state index in [2.05, 4.69) is 31.3 Å². The lowest BCUT2D eigenvalue weighted by molar-refractivity contribution is 0.0946. The number of hydrogen-bond acceptors (Lipinski definition) is 2. The summed E-state index contributed by atoms with van der Waals surface area (Å²) in [5, 5.41) is 3.30. The summed E-state index contributed by atoms with van der Waals surface area (Å²) in [7, 11) is 0. The molecule has 1 amide bonds. The summed E-state index contributed by atoms with van der Waals surface area (Å²) in [5.41, 5.74) is 7.63. The second kappa shape index (κ2) is 6.19. The molecule has 2 aromatic rings. The number of nitrogen functional groups attached to an aromatic ring is 1. The predicted octanol–water partition coefficient (Wildman–Crippen LogP) is 3.63. The van der Waals surface area contributed by atoms with E-state index >= 15 is 0 Å². The zero-order valence-corrected chi connectivity index (χ0v) is 12.9. The van der Waals surface area contributed by atoms with E-state index in [0.717, 1.165) is 0 Å².